The molecule has 0 saturated heterocycles. The highest BCUT2D eigenvalue weighted by Gasteiger charge is 2.53. The normalized spacial score (nSPS) is 11.5. The molecular weight excluding hydrogens is 263 g/mol. The lowest BCUT2D eigenvalue weighted by Crippen LogP contribution is -2.28. The highest BCUT2D eigenvalue weighted by atomic mass is 35.5. The second kappa shape index (κ2) is 6.27. The molecule has 0 unspecified atom stereocenters. The van der Waals surface area contributed by atoms with Gasteiger partial charge in [-0.1, -0.05) is 0 Å². The van der Waals surface area contributed by atoms with Crippen LogP contribution in [0.2, 0.25) is 0 Å². The summed E-state index contributed by atoms with van der Waals surface area (Å²) in [6, 6.07) is 0. The maximum atomic E-state index is 11.1. The Kier molecular flexibility index (Phi) is 7.13. The molecular formula is C7H8Cl2F4O2. The maximum absolute atomic E-state index is 11.1. The number of hydrogen-bond donors (Lipinski definition) is 0. The zero-order valence-corrected chi connectivity index (χ0v) is 9.30. The van der Waals surface area contributed by atoms with Crippen LogP contribution in [0, 0.1) is 0 Å². The number of carbonyl (C=O) groups excluding carboxylic acids is 2. The average molecular weight is 271 g/mol. The first kappa shape index (κ1) is 17.0. The van der Waals surface area contributed by atoms with Crippen molar-refractivity contribution in [3.8, 4) is 0 Å². The van der Waals surface area contributed by atoms with Crippen molar-refractivity contribution in [3.05, 3.63) is 0 Å². The third-order valence-electron chi connectivity index (χ3n) is 0.819. The lowest BCUT2D eigenvalue weighted by Gasteiger charge is -2.11. The van der Waals surface area contributed by atoms with Gasteiger partial charge in [-0.2, -0.15) is 17.6 Å². The van der Waals surface area contributed by atoms with Crippen molar-refractivity contribution >= 4 is 34.8 Å². The van der Waals surface area contributed by atoms with E-state index in [1.807, 2.05) is 0 Å². The quantitative estimate of drug-likeness (QED) is 0.448. The van der Waals surface area contributed by atoms with Gasteiger partial charge in [-0.25, -0.2) is 0 Å². The maximum Gasteiger partial charge on any atom is 0.398 e. The molecule has 15 heavy (non-hydrogen) atoms. The summed E-state index contributed by atoms with van der Waals surface area (Å²) in [7, 11) is 0. The average Bonchev–Trinajstić information content (AvgIpc) is 1.78. The number of rotatable bonds is 3. The van der Waals surface area contributed by atoms with Crippen LogP contribution in [0.15, 0.2) is 0 Å². The highest BCUT2D eigenvalue weighted by molar-refractivity contribution is 6.31. The number of halogens is 6. The Bertz CT molecular complexity index is 208. The minimum Gasteiger partial charge on any atom is -0.300 e. The van der Waals surface area contributed by atoms with Crippen LogP contribution in [-0.2, 0) is 9.59 Å². The second-order valence-corrected chi connectivity index (χ2v) is 3.53. The Morgan fingerprint density at radius 1 is 0.933 bits per heavy atom. The third kappa shape index (κ3) is 11.6. The van der Waals surface area contributed by atoms with Crippen molar-refractivity contribution in [1.82, 2.24) is 0 Å². The second-order valence-electron chi connectivity index (χ2n) is 2.58. The first-order chi connectivity index (χ1) is 6.38. The molecule has 8 heteroatoms. The largest absolute Gasteiger partial charge is 0.398 e. The molecule has 0 fully saturated rings. The fraction of sp³-hybridized carbons (Fsp3) is 0.714. The highest BCUT2D eigenvalue weighted by Crippen LogP contribution is 2.40. The van der Waals surface area contributed by atoms with Gasteiger partial charge in [0, 0.05) is 0 Å². The number of alkyl halides is 6. The molecule has 2 nitrogen and oxygen atoms in total. The Morgan fingerprint density at radius 2 is 1.13 bits per heavy atom. The molecule has 0 aliphatic carbocycles. The van der Waals surface area contributed by atoms with Gasteiger partial charge in [-0.3, -0.25) is 9.59 Å². The first-order valence-electron chi connectivity index (χ1n) is 3.50. The summed E-state index contributed by atoms with van der Waals surface area (Å²) in [5.74, 6) is -0.125. The van der Waals surface area contributed by atoms with Crippen molar-refractivity contribution in [2.45, 2.75) is 31.0 Å². The van der Waals surface area contributed by atoms with E-state index in [0.717, 1.165) is 0 Å². The number of ketones is 2. The Morgan fingerprint density at radius 3 is 1.13 bits per heavy atom. The van der Waals surface area contributed by atoms with Crippen LogP contribution in [0.4, 0.5) is 17.6 Å². The van der Waals surface area contributed by atoms with Gasteiger partial charge in [-0.05, 0) is 37.0 Å². The molecule has 0 radical (unpaired) electrons. The standard InChI is InChI=1S/C5H8O2.C2Cl2F4/c1-4(6)3-5(2)7;3-1(5,6)2(4,7)8/h3H2,1-2H3;. The molecule has 0 bridgehead atoms. The summed E-state index contributed by atoms with van der Waals surface area (Å²) in [5.41, 5.74) is 0. The molecule has 0 spiro atoms. The van der Waals surface area contributed by atoms with Crippen LogP contribution in [0.25, 0.3) is 0 Å². The van der Waals surface area contributed by atoms with Crippen LogP contribution >= 0.6 is 23.2 Å². The minimum atomic E-state index is -4.66. The van der Waals surface area contributed by atoms with E-state index >= 15 is 0 Å². The van der Waals surface area contributed by atoms with Crippen LogP contribution in [0.3, 0.4) is 0 Å². The topological polar surface area (TPSA) is 34.1 Å². The van der Waals surface area contributed by atoms with Crippen molar-refractivity contribution in [1.29, 1.82) is 0 Å². The molecule has 0 aromatic carbocycles. The van der Waals surface area contributed by atoms with Crippen LogP contribution in [-0.4, -0.2) is 22.3 Å². The van der Waals surface area contributed by atoms with Gasteiger partial charge in [0.25, 0.3) is 0 Å². The van der Waals surface area contributed by atoms with E-state index in [1.165, 1.54) is 13.8 Å². The molecule has 0 aliphatic rings. The molecule has 0 amide bonds. The number of hydrogen-bond acceptors (Lipinski definition) is 2. The number of Topliss-reactive ketones (excluding diaryl/α,β-unsaturated/α-hetero) is 2. The van der Waals surface area contributed by atoms with Gasteiger partial charge >= 0.3 is 10.8 Å². The molecule has 0 aromatic heterocycles. The lowest BCUT2D eigenvalue weighted by atomic mass is 10.2. The van der Waals surface area contributed by atoms with Crippen molar-refractivity contribution in [2.24, 2.45) is 0 Å². The van der Waals surface area contributed by atoms with E-state index < -0.39 is 10.8 Å². The van der Waals surface area contributed by atoms with E-state index in [1.54, 1.807) is 0 Å². The van der Waals surface area contributed by atoms with Gasteiger partial charge in [-0.15, -0.1) is 0 Å². The predicted molar refractivity (Wildman–Crippen MR) is 47.6 cm³/mol. The zero-order valence-electron chi connectivity index (χ0n) is 7.79. The van der Waals surface area contributed by atoms with Gasteiger partial charge in [0.1, 0.15) is 11.6 Å². The van der Waals surface area contributed by atoms with Crippen molar-refractivity contribution < 1.29 is 27.2 Å². The van der Waals surface area contributed by atoms with Gasteiger partial charge in [0.15, 0.2) is 0 Å². The smallest absolute Gasteiger partial charge is 0.300 e. The molecule has 0 saturated carbocycles. The van der Waals surface area contributed by atoms with Crippen LogP contribution in [0.5, 0.6) is 0 Å². The van der Waals surface area contributed by atoms with Crippen LogP contribution in [0.1, 0.15) is 20.3 Å². The molecule has 0 rings (SSSR count). The fourth-order valence-corrected chi connectivity index (χ4v) is 0.351. The zero-order chi connectivity index (χ0) is 12.9. The monoisotopic (exact) mass is 270 g/mol. The van der Waals surface area contributed by atoms with Gasteiger partial charge in [0.2, 0.25) is 0 Å². The molecule has 0 heterocycles. The van der Waals surface area contributed by atoms with E-state index in [9.17, 15) is 27.2 Å². The SMILES string of the molecule is CC(=O)CC(C)=O.FC(F)(Cl)C(F)(F)Cl. The fourth-order valence-electron chi connectivity index (χ4n) is 0.351. The molecule has 0 aromatic rings. The minimum absolute atomic E-state index is 0.0625. The van der Waals surface area contributed by atoms with Gasteiger partial charge in [0.05, 0.1) is 6.42 Å². The molecule has 0 N–H and O–H groups in total. The molecule has 0 atom stereocenters. The van der Waals surface area contributed by atoms with Crippen molar-refractivity contribution in [3.63, 3.8) is 0 Å². The Balaban J connectivity index is 0. The van der Waals surface area contributed by atoms with E-state index in [2.05, 4.69) is 23.2 Å². The lowest BCUT2D eigenvalue weighted by molar-refractivity contribution is -0.124. The Hall–Kier alpha value is -0.360. The summed E-state index contributed by atoms with van der Waals surface area (Å²) in [6.45, 7) is 2.81. The molecule has 90 valence electrons. The van der Waals surface area contributed by atoms with E-state index in [4.69, 9.17) is 0 Å². The summed E-state index contributed by atoms with van der Waals surface area (Å²) in [4.78, 5) is 20.1. The predicted octanol–water partition coefficient (Wildman–Crippen LogP) is 3.20. The summed E-state index contributed by atoms with van der Waals surface area (Å²) in [5, 5.41) is -9.32. The third-order valence-corrected chi connectivity index (χ3v) is 1.39. The van der Waals surface area contributed by atoms with Crippen LogP contribution < -0.4 is 0 Å². The van der Waals surface area contributed by atoms with Crippen molar-refractivity contribution in [2.75, 3.05) is 0 Å². The van der Waals surface area contributed by atoms with E-state index in [-0.39, 0.29) is 18.0 Å². The van der Waals surface area contributed by atoms with Gasteiger partial charge < -0.3 is 0 Å². The summed E-state index contributed by atoms with van der Waals surface area (Å²) < 4.78 is 44.5. The molecule has 0 aliphatic heterocycles. The summed E-state index contributed by atoms with van der Waals surface area (Å²) in [6.07, 6.45) is 0.0833. The first-order valence-corrected chi connectivity index (χ1v) is 4.26. The number of carbonyl (C=O) groups is 2. The summed E-state index contributed by atoms with van der Waals surface area (Å²) >= 11 is 7.59. The Labute approximate surface area is 93.5 Å². The van der Waals surface area contributed by atoms with E-state index in [0.29, 0.717) is 0 Å².